The molecule has 0 radical (unpaired) electrons. The smallest absolute Gasteiger partial charge is 0.303 e. The van der Waals surface area contributed by atoms with Crippen molar-refractivity contribution in [2.24, 2.45) is 29.6 Å². The molecular formula is C28H50N2O3. The molecule has 0 aromatic heterocycles. The van der Waals surface area contributed by atoms with E-state index in [1.165, 1.54) is 83.6 Å². The van der Waals surface area contributed by atoms with Crippen molar-refractivity contribution in [3.8, 4) is 0 Å². The maximum absolute atomic E-state index is 11.2. The van der Waals surface area contributed by atoms with Crippen molar-refractivity contribution in [3.63, 3.8) is 0 Å². The van der Waals surface area contributed by atoms with Gasteiger partial charge in [0.25, 0.3) is 0 Å². The number of carbonyl (C=O) groups is 1. The van der Waals surface area contributed by atoms with E-state index in [1.807, 2.05) is 19.0 Å². The SMILES string of the molecule is CN(C)C(O)C1CCCC(N2CC(CCC3CCCCC3)C3CC(CCC(=O)O)CCC32)C1. The third kappa shape index (κ3) is 6.52. The van der Waals surface area contributed by atoms with E-state index in [2.05, 4.69) is 4.90 Å². The average molecular weight is 463 g/mol. The number of carboxylic acids is 1. The minimum atomic E-state index is -0.633. The Kier molecular flexibility index (Phi) is 9.14. The summed E-state index contributed by atoms with van der Waals surface area (Å²) in [5.74, 6) is 2.88. The van der Waals surface area contributed by atoms with E-state index in [9.17, 15) is 15.0 Å². The van der Waals surface area contributed by atoms with Gasteiger partial charge in [0.05, 0.1) is 0 Å². The monoisotopic (exact) mass is 462 g/mol. The lowest BCUT2D eigenvalue weighted by Crippen LogP contribution is -2.47. The molecule has 1 aliphatic heterocycles. The molecule has 4 aliphatic rings. The van der Waals surface area contributed by atoms with Crippen LogP contribution in [0.2, 0.25) is 0 Å². The van der Waals surface area contributed by atoms with Crippen LogP contribution in [0, 0.1) is 29.6 Å². The topological polar surface area (TPSA) is 64.0 Å². The van der Waals surface area contributed by atoms with Crippen LogP contribution < -0.4 is 0 Å². The van der Waals surface area contributed by atoms with Gasteiger partial charge in [-0.2, -0.15) is 0 Å². The quantitative estimate of drug-likeness (QED) is 0.451. The summed E-state index contributed by atoms with van der Waals surface area (Å²) in [6.45, 7) is 1.25. The Bertz CT molecular complexity index is 620. The Morgan fingerprint density at radius 2 is 1.70 bits per heavy atom. The third-order valence-corrected chi connectivity index (χ3v) is 9.99. The highest BCUT2D eigenvalue weighted by atomic mass is 16.4. The van der Waals surface area contributed by atoms with Crippen molar-refractivity contribution in [1.29, 1.82) is 0 Å². The minimum absolute atomic E-state index is 0.319. The van der Waals surface area contributed by atoms with E-state index in [1.54, 1.807) is 0 Å². The number of aliphatic hydroxyl groups is 1. The Morgan fingerprint density at radius 3 is 2.42 bits per heavy atom. The first-order valence-corrected chi connectivity index (χ1v) is 14.2. The van der Waals surface area contributed by atoms with Crippen LogP contribution in [0.15, 0.2) is 0 Å². The summed E-state index contributed by atoms with van der Waals surface area (Å²) >= 11 is 0. The molecule has 1 heterocycles. The molecule has 0 aromatic rings. The number of fused-ring (bicyclic) bond motifs is 1. The lowest BCUT2D eigenvalue weighted by atomic mass is 9.71. The molecule has 0 amide bonds. The van der Waals surface area contributed by atoms with Crippen LogP contribution in [0.1, 0.15) is 103 Å². The number of hydrogen-bond donors (Lipinski definition) is 2. The van der Waals surface area contributed by atoms with Crippen molar-refractivity contribution in [2.75, 3.05) is 20.6 Å². The molecule has 190 valence electrons. The van der Waals surface area contributed by atoms with Crippen molar-refractivity contribution in [3.05, 3.63) is 0 Å². The predicted molar refractivity (Wildman–Crippen MR) is 133 cm³/mol. The summed E-state index contributed by atoms with van der Waals surface area (Å²) in [7, 11) is 4.00. The van der Waals surface area contributed by atoms with Crippen molar-refractivity contribution in [1.82, 2.24) is 9.80 Å². The van der Waals surface area contributed by atoms with Gasteiger partial charge >= 0.3 is 5.97 Å². The first-order valence-electron chi connectivity index (χ1n) is 14.2. The van der Waals surface area contributed by atoms with E-state index < -0.39 is 5.97 Å². The Labute approximate surface area is 202 Å². The molecule has 0 spiro atoms. The summed E-state index contributed by atoms with van der Waals surface area (Å²) in [6.07, 6.45) is 19.4. The molecular weight excluding hydrogens is 412 g/mol. The summed E-state index contributed by atoms with van der Waals surface area (Å²) in [6, 6.07) is 1.32. The molecule has 5 nitrogen and oxygen atoms in total. The standard InChI is InChI=1S/C28H50N2O3/c1-29(2)28(33)22-9-6-10-24(18-22)30-19-23(14-11-20-7-4-3-5-8-20)25-17-21(12-15-26(25)30)13-16-27(31)32/h20-26,28,33H,3-19H2,1-2H3,(H,31,32). The first-order chi connectivity index (χ1) is 15.9. The van der Waals surface area contributed by atoms with Crippen molar-refractivity contribution in [2.45, 2.75) is 121 Å². The lowest BCUT2D eigenvalue weighted by Gasteiger charge is -2.43. The van der Waals surface area contributed by atoms with Crippen LogP contribution in [0.25, 0.3) is 0 Å². The highest BCUT2D eigenvalue weighted by Gasteiger charge is 2.47. The normalized spacial score (nSPS) is 37.2. The maximum Gasteiger partial charge on any atom is 0.303 e. The number of nitrogens with zero attached hydrogens (tertiary/aromatic N) is 2. The lowest BCUT2D eigenvalue weighted by molar-refractivity contribution is -0.137. The first kappa shape index (κ1) is 25.4. The second-order valence-corrected chi connectivity index (χ2v) is 12.3. The van der Waals surface area contributed by atoms with Crippen LogP contribution in [-0.4, -0.2) is 64.9 Å². The van der Waals surface area contributed by atoms with Gasteiger partial charge in [-0.05, 0) is 95.1 Å². The van der Waals surface area contributed by atoms with Gasteiger partial charge in [-0.3, -0.25) is 14.6 Å². The van der Waals surface area contributed by atoms with E-state index in [0.29, 0.717) is 30.3 Å². The number of aliphatic hydroxyl groups excluding tert-OH is 1. The fourth-order valence-electron chi connectivity index (χ4n) is 8.18. The van der Waals surface area contributed by atoms with Gasteiger partial charge in [-0.1, -0.05) is 44.9 Å². The zero-order valence-corrected chi connectivity index (χ0v) is 21.3. The predicted octanol–water partition coefficient (Wildman–Crippen LogP) is 5.37. The molecule has 3 saturated carbocycles. The number of carboxylic acid groups (broad SMARTS) is 1. The molecule has 4 rings (SSSR count). The fourth-order valence-corrected chi connectivity index (χ4v) is 8.18. The van der Waals surface area contributed by atoms with Gasteiger partial charge in [0.2, 0.25) is 0 Å². The summed E-state index contributed by atoms with van der Waals surface area (Å²) in [4.78, 5) is 16.1. The van der Waals surface area contributed by atoms with Gasteiger partial charge in [0.15, 0.2) is 0 Å². The molecule has 0 aromatic carbocycles. The molecule has 4 fully saturated rings. The van der Waals surface area contributed by atoms with Crippen LogP contribution in [0.5, 0.6) is 0 Å². The molecule has 0 bridgehead atoms. The van der Waals surface area contributed by atoms with E-state index in [-0.39, 0.29) is 6.23 Å². The fraction of sp³-hybridized carbons (Fsp3) is 0.964. The number of rotatable bonds is 9. The number of hydrogen-bond acceptors (Lipinski definition) is 4. The third-order valence-electron chi connectivity index (χ3n) is 9.99. The van der Waals surface area contributed by atoms with Gasteiger partial charge in [0.1, 0.15) is 6.23 Å². The molecule has 3 aliphatic carbocycles. The summed E-state index contributed by atoms with van der Waals surface area (Å²) < 4.78 is 0. The van der Waals surface area contributed by atoms with Crippen LogP contribution in [0.4, 0.5) is 0 Å². The molecule has 7 atom stereocenters. The van der Waals surface area contributed by atoms with Crippen LogP contribution in [0.3, 0.4) is 0 Å². The second kappa shape index (κ2) is 11.9. The van der Waals surface area contributed by atoms with Gasteiger partial charge in [0, 0.05) is 25.0 Å². The molecule has 7 unspecified atom stereocenters. The van der Waals surface area contributed by atoms with E-state index in [0.717, 1.165) is 37.0 Å². The molecule has 1 saturated heterocycles. The minimum Gasteiger partial charge on any atom is -0.481 e. The zero-order valence-electron chi connectivity index (χ0n) is 21.3. The van der Waals surface area contributed by atoms with Gasteiger partial charge in [-0.15, -0.1) is 0 Å². The Hall–Kier alpha value is -0.650. The number of likely N-dealkylation sites (tertiary alicyclic amines) is 1. The average Bonchev–Trinajstić information content (AvgIpc) is 3.19. The summed E-state index contributed by atoms with van der Waals surface area (Å²) in [5.41, 5.74) is 0. The molecule has 2 N–H and O–H groups in total. The van der Waals surface area contributed by atoms with Gasteiger partial charge in [-0.25, -0.2) is 0 Å². The van der Waals surface area contributed by atoms with E-state index in [4.69, 9.17) is 0 Å². The van der Waals surface area contributed by atoms with Gasteiger partial charge < -0.3 is 10.2 Å². The molecule has 33 heavy (non-hydrogen) atoms. The number of aliphatic carboxylic acids is 1. The second-order valence-electron chi connectivity index (χ2n) is 12.3. The Balaban J connectivity index is 1.41. The van der Waals surface area contributed by atoms with Crippen molar-refractivity contribution >= 4 is 5.97 Å². The van der Waals surface area contributed by atoms with Crippen molar-refractivity contribution < 1.29 is 15.0 Å². The highest BCUT2D eigenvalue weighted by molar-refractivity contribution is 5.66. The largest absolute Gasteiger partial charge is 0.481 e. The zero-order chi connectivity index (χ0) is 23.4. The highest BCUT2D eigenvalue weighted by Crippen LogP contribution is 2.48. The summed E-state index contributed by atoms with van der Waals surface area (Å²) in [5, 5.41) is 19.9. The Morgan fingerprint density at radius 1 is 0.909 bits per heavy atom. The van der Waals surface area contributed by atoms with Crippen LogP contribution >= 0.6 is 0 Å². The molecule has 5 heteroatoms. The van der Waals surface area contributed by atoms with Crippen LogP contribution in [-0.2, 0) is 4.79 Å². The maximum atomic E-state index is 11.2. The van der Waals surface area contributed by atoms with E-state index >= 15 is 0 Å².